The first-order chi connectivity index (χ1) is 17.5. The van der Waals surface area contributed by atoms with E-state index in [9.17, 15) is 14.2 Å². The highest BCUT2D eigenvalue weighted by Crippen LogP contribution is 2.55. The van der Waals surface area contributed by atoms with Crippen molar-refractivity contribution in [1.29, 1.82) is 0 Å². The molecule has 2 aromatic rings. The average Bonchev–Trinajstić information content (AvgIpc) is 2.88. The molecule has 36 heavy (non-hydrogen) atoms. The number of aliphatic hydroxyl groups excluding tert-OH is 2. The van der Waals surface area contributed by atoms with Crippen LogP contribution in [0.5, 0.6) is 5.75 Å². The molecule has 2 N–H and O–H groups in total. The third-order valence-electron chi connectivity index (χ3n) is 5.34. The van der Waals surface area contributed by atoms with E-state index in [0.717, 1.165) is 11.1 Å². The third-order valence-corrected chi connectivity index (χ3v) is 7.87. The van der Waals surface area contributed by atoms with Gasteiger partial charge in [0.05, 0.1) is 63.4 Å². The van der Waals surface area contributed by atoms with Gasteiger partial charge in [-0.2, -0.15) is 0 Å². The number of fused-ring (bicyclic) bond motifs is 3. The number of hydrogen-bond donors (Lipinski definition) is 2. The lowest BCUT2D eigenvalue weighted by atomic mass is 10.0. The van der Waals surface area contributed by atoms with E-state index in [0.29, 0.717) is 11.1 Å². The fourth-order valence-electron chi connectivity index (χ4n) is 3.75. The molecule has 0 aliphatic carbocycles. The van der Waals surface area contributed by atoms with Crippen LogP contribution in [-0.2, 0) is 33.1 Å². The van der Waals surface area contributed by atoms with Crippen LogP contribution in [0.15, 0.2) is 48.5 Å². The van der Waals surface area contributed by atoms with Gasteiger partial charge in [-0.05, 0) is 17.7 Å². The Labute approximate surface area is 209 Å². The minimum absolute atomic E-state index is 0.0556. The maximum Gasteiger partial charge on any atom is 0.310 e. The Balaban J connectivity index is 1.75. The van der Waals surface area contributed by atoms with Crippen LogP contribution in [0.4, 0.5) is 0 Å². The minimum Gasteiger partial charge on any atom is -0.463 e. The first kappa shape index (κ1) is 27.8. The number of benzene rings is 2. The zero-order valence-electron chi connectivity index (χ0n) is 19.9. The van der Waals surface area contributed by atoms with Crippen molar-refractivity contribution < 1.29 is 47.8 Å². The van der Waals surface area contributed by atoms with E-state index in [2.05, 4.69) is 0 Å². The first-order valence-corrected chi connectivity index (χ1v) is 13.5. The fourth-order valence-corrected chi connectivity index (χ4v) is 6.33. The van der Waals surface area contributed by atoms with Crippen molar-refractivity contribution in [3.63, 3.8) is 0 Å². The van der Waals surface area contributed by atoms with E-state index < -0.39 is 25.2 Å². The molecule has 196 valence electrons. The lowest BCUT2D eigenvalue weighted by Gasteiger charge is -2.30. The molecule has 1 heterocycles. The van der Waals surface area contributed by atoms with Gasteiger partial charge in [0.2, 0.25) is 0 Å². The summed E-state index contributed by atoms with van der Waals surface area (Å²) in [6.45, 7) is -0.0813. The van der Waals surface area contributed by atoms with E-state index in [-0.39, 0.29) is 65.4 Å². The molecule has 0 fully saturated rings. The Bertz CT molecular complexity index is 1060. The van der Waals surface area contributed by atoms with Crippen LogP contribution in [0.3, 0.4) is 0 Å². The van der Waals surface area contributed by atoms with E-state index in [4.69, 9.17) is 33.7 Å². The Morgan fingerprint density at radius 3 is 2.11 bits per heavy atom. The van der Waals surface area contributed by atoms with Crippen LogP contribution in [0, 0.1) is 5.92 Å². The van der Waals surface area contributed by atoms with Crippen LogP contribution in [0.1, 0.15) is 6.42 Å². The highest BCUT2D eigenvalue weighted by molar-refractivity contribution is 7.67. The number of hydrogen-bond acceptors (Lipinski definition) is 10. The molecule has 2 aromatic carbocycles. The second kappa shape index (κ2) is 14.1. The zero-order chi connectivity index (χ0) is 25.8. The number of aliphatic hydroxyl groups is 2. The summed E-state index contributed by atoms with van der Waals surface area (Å²) in [7, 11) is -3.62. The molecular formula is C25H31O10P. The van der Waals surface area contributed by atoms with Crippen LogP contribution >= 0.6 is 7.37 Å². The van der Waals surface area contributed by atoms with Crippen molar-refractivity contribution >= 4 is 24.6 Å². The number of rotatable bonds is 15. The highest BCUT2D eigenvalue weighted by Gasteiger charge is 2.41. The molecule has 0 aromatic heterocycles. The summed E-state index contributed by atoms with van der Waals surface area (Å²) >= 11 is 0. The second-order valence-corrected chi connectivity index (χ2v) is 10.3. The Morgan fingerprint density at radius 2 is 1.42 bits per heavy atom. The van der Waals surface area contributed by atoms with Crippen LogP contribution in [-0.4, -0.2) is 81.2 Å². The van der Waals surface area contributed by atoms with E-state index >= 15 is 0 Å². The van der Waals surface area contributed by atoms with E-state index in [1.165, 1.54) is 0 Å². The van der Waals surface area contributed by atoms with Gasteiger partial charge < -0.3 is 33.7 Å². The van der Waals surface area contributed by atoms with Gasteiger partial charge in [-0.1, -0.05) is 36.4 Å². The summed E-state index contributed by atoms with van der Waals surface area (Å²) in [5.41, 5.74) is 1.54. The summed E-state index contributed by atoms with van der Waals surface area (Å²) in [5, 5.41) is 18.0. The van der Waals surface area contributed by atoms with Gasteiger partial charge in [0.1, 0.15) is 19.0 Å². The molecular weight excluding hydrogens is 491 g/mol. The second-order valence-electron chi connectivity index (χ2n) is 7.92. The van der Waals surface area contributed by atoms with Gasteiger partial charge >= 0.3 is 11.9 Å². The average molecular weight is 522 g/mol. The Morgan fingerprint density at radius 1 is 0.806 bits per heavy atom. The summed E-state index contributed by atoms with van der Waals surface area (Å²) in [6, 6.07) is 14.3. The predicted octanol–water partition coefficient (Wildman–Crippen LogP) is 1.76. The van der Waals surface area contributed by atoms with Gasteiger partial charge in [0, 0.05) is 5.56 Å². The third kappa shape index (κ3) is 7.62. The molecule has 2 atom stereocenters. The molecule has 0 radical (unpaired) electrons. The SMILES string of the molecule is O=C(CC(CP1(=O)Oc2ccccc2-c2ccccc21)C(=O)OCCOCCO)OCCOCCO. The van der Waals surface area contributed by atoms with Gasteiger partial charge in [-0.3, -0.25) is 14.2 Å². The fraction of sp³-hybridized carbons (Fsp3) is 0.440. The predicted molar refractivity (Wildman–Crippen MR) is 130 cm³/mol. The van der Waals surface area contributed by atoms with Gasteiger partial charge in [0.25, 0.3) is 7.37 Å². The molecule has 0 amide bonds. The summed E-state index contributed by atoms with van der Waals surface area (Å²) in [5.74, 6) is -2.07. The van der Waals surface area contributed by atoms with Gasteiger partial charge in [0.15, 0.2) is 0 Å². The van der Waals surface area contributed by atoms with Crippen molar-refractivity contribution in [1.82, 2.24) is 0 Å². The number of carbonyl (C=O) groups is 2. The van der Waals surface area contributed by atoms with Crippen molar-refractivity contribution in [3.05, 3.63) is 48.5 Å². The summed E-state index contributed by atoms with van der Waals surface area (Å²) in [4.78, 5) is 25.4. The monoisotopic (exact) mass is 522 g/mol. The molecule has 0 saturated heterocycles. The Kier molecular flexibility index (Phi) is 10.9. The van der Waals surface area contributed by atoms with Gasteiger partial charge in [-0.15, -0.1) is 0 Å². The number of carbonyl (C=O) groups excluding carboxylic acids is 2. The normalized spacial score (nSPS) is 16.8. The maximum atomic E-state index is 14.2. The minimum atomic E-state index is -3.62. The quantitative estimate of drug-likeness (QED) is 0.202. The molecule has 11 heteroatoms. The lowest BCUT2D eigenvalue weighted by molar-refractivity contribution is -0.156. The maximum absolute atomic E-state index is 14.2. The van der Waals surface area contributed by atoms with Crippen molar-refractivity contribution in [2.75, 3.05) is 59.0 Å². The molecule has 0 spiro atoms. The smallest absolute Gasteiger partial charge is 0.310 e. The largest absolute Gasteiger partial charge is 0.463 e. The number of para-hydroxylation sites is 1. The van der Waals surface area contributed by atoms with Crippen LogP contribution in [0.25, 0.3) is 11.1 Å². The standard InChI is InChI=1S/C25H31O10P/c26-9-11-31-13-15-33-24(28)17-19(25(29)34-16-14-32-12-10-27)18-36(30)23-8-4-2-6-21(23)20-5-1-3-7-22(20)35-36/h1-8,19,26-27H,9-18H2. The Hall–Kier alpha value is -2.75. The molecule has 3 rings (SSSR count). The zero-order valence-corrected chi connectivity index (χ0v) is 20.8. The topological polar surface area (TPSA) is 138 Å². The van der Waals surface area contributed by atoms with Crippen molar-refractivity contribution in [2.45, 2.75) is 6.42 Å². The van der Waals surface area contributed by atoms with Crippen LogP contribution in [0.2, 0.25) is 0 Å². The van der Waals surface area contributed by atoms with Crippen molar-refractivity contribution in [3.8, 4) is 16.9 Å². The highest BCUT2D eigenvalue weighted by atomic mass is 31.2. The summed E-state index contributed by atoms with van der Waals surface area (Å²) in [6.07, 6.45) is -0.627. The number of esters is 2. The number of ether oxygens (including phenoxy) is 4. The van der Waals surface area contributed by atoms with E-state index in [1.54, 1.807) is 24.3 Å². The first-order valence-electron chi connectivity index (χ1n) is 11.7. The van der Waals surface area contributed by atoms with Crippen molar-refractivity contribution in [2.24, 2.45) is 5.92 Å². The molecule has 0 saturated carbocycles. The molecule has 1 aliphatic rings. The van der Waals surface area contributed by atoms with Crippen LogP contribution < -0.4 is 9.83 Å². The molecule has 1 aliphatic heterocycles. The molecule has 2 unspecified atom stereocenters. The van der Waals surface area contributed by atoms with E-state index in [1.807, 2.05) is 24.3 Å². The lowest BCUT2D eigenvalue weighted by Crippen LogP contribution is -2.30. The molecule has 0 bridgehead atoms. The molecule has 10 nitrogen and oxygen atoms in total. The summed E-state index contributed by atoms with van der Waals surface area (Å²) < 4.78 is 40.8. The van der Waals surface area contributed by atoms with Gasteiger partial charge in [-0.25, -0.2) is 0 Å².